The number of rotatable bonds is 11. The highest BCUT2D eigenvalue weighted by atomic mass is 19.4. The van der Waals surface area contributed by atoms with Gasteiger partial charge in [-0.15, -0.1) is 0 Å². The molecule has 272 valence electrons. The van der Waals surface area contributed by atoms with E-state index in [-0.39, 0.29) is 6.42 Å². The van der Waals surface area contributed by atoms with Gasteiger partial charge in [-0.05, 0) is 85.3 Å². The van der Waals surface area contributed by atoms with Crippen LogP contribution < -0.4 is 10.1 Å². The van der Waals surface area contributed by atoms with Crippen LogP contribution in [0.5, 0.6) is 5.75 Å². The van der Waals surface area contributed by atoms with Gasteiger partial charge in [-0.1, -0.05) is 48.5 Å². The standard InChI is InChI=1S/C36H40F7N3O4/c1-50-30-12-3-6-23(13-17-45-16-5-8-25(37)21-45)31(30)28-11-4-9-26-24(7-2-10-27(26)28)20-29(32(47)48)44-33(49)34(36(41,42)43)14-18-46(19-15-34)22-35(38,39)40/h2-4,6-7,9-12,25,29H,5,8,13-22H2,1H3,(H,44,49)(H,47,48)/t25-,29+/m1/s1. The van der Waals surface area contributed by atoms with Gasteiger partial charge in [0.05, 0.1) is 13.7 Å². The van der Waals surface area contributed by atoms with Crippen LogP contribution in [0.2, 0.25) is 0 Å². The molecule has 2 saturated heterocycles. The van der Waals surface area contributed by atoms with Crippen LogP contribution in [0.3, 0.4) is 0 Å². The zero-order chi connectivity index (χ0) is 36.3. The van der Waals surface area contributed by atoms with E-state index in [1.807, 2.05) is 30.3 Å². The molecule has 7 nitrogen and oxygen atoms in total. The van der Waals surface area contributed by atoms with Crippen LogP contribution in [0, 0.1) is 5.41 Å². The highest BCUT2D eigenvalue weighted by Crippen LogP contribution is 2.47. The first-order chi connectivity index (χ1) is 23.6. The fraction of sp³-hybridized carbons (Fsp3) is 0.500. The van der Waals surface area contributed by atoms with Crippen molar-refractivity contribution >= 4 is 22.6 Å². The number of carboxylic acid groups (broad SMARTS) is 1. The molecule has 0 unspecified atom stereocenters. The van der Waals surface area contributed by atoms with Crippen molar-refractivity contribution in [2.24, 2.45) is 5.41 Å². The number of ether oxygens (including phenoxy) is 1. The Hall–Kier alpha value is -3.91. The van der Waals surface area contributed by atoms with E-state index in [4.69, 9.17) is 4.74 Å². The van der Waals surface area contributed by atoms with E-state index in [0.29, 0.717) is 42.6 Å². The summed E-state index contributed by atoms with van der Waals surface area (Å²) in [4.78, 5) is 28.6. The van der Waals surface area contributed by atoms with Gasteiger partial charge in [0.15, 0.2) is 0 Å². The number of hydrogen-bond donors (Lipinski definition) is 2. The van der Waals surface area contributed by atoms with Crippen LogP contribution in [0.25, 0.3) is 21.9 Å². The molecule has 0 radical (unpaired) electrons. The fourth-order valence-electron chi connectivity index (χ4n) is 7.21. The number of carboxylic acids is 1. The lowest BCUT2D eigenvalue weighted by Crippen LogP contribution is -2.59. The minimum absolute atomic E-state index is 0.353. The summed E-state index contributed by atoms with van der Waals surface area (Å²) in [6, 6.07) is 14.5. The maximum Gasteiger partial charge on any atom is 0.403 e. The number of methoxy groups -OCH3 is 1. The number of amides is 1. The van der Waals surface area contributed by atoms with E-state index in [0.717, 1.165) is 39.9 Å². The first-order valence-corrected chi connectivity index (χ1v) is 16.5. The van der Waals surface area contributed by atoms with Crippen molar-refractivity contribution in [1.82, 2.24) is 15.1 Å². The third-order valence-electron chi connectivity index (χ3n) is 9.88. The minimum Gasteiger partial charge on any atom is -0.496 e. The summed E-state index contributed by atoms with van der Waals surface area (Å²) < 4.78 is 102. The Morgan fingerprint density at radius 2 is 1.60 bits per heavy atom. The Morgan fingerprint density at radius 1 is 0.940 bits per heavy atom. The number of likely N-dealkylation sites (tertiary alicyclic amines) is 2. The quantitative estimate of drug-likeness (QED) is 0.213. The molecule has 50 heavy (non-hydrogen) atoms. The number of carbonyl (C=O) groups excluding carboxylic acids is 1. The number of halogens is 7. The van der Waals surface area contributed by atoms with Crippen LogP contribution in [-0.2, 0) is 22.4 Å². The second kappa shape index (κ2) is 15.1. The van der Waals surface area contributed by atoms with Gasteiger partial charge in [0.1, 0.15) is 23.4 Å². The lowest BCUT2D eigenvalue weighted by Gasteiger charge is -2.42. The van der Waals surface area contributed by atoms with Gasteiger partial charge in [0, 0.05) is 25.1 Å². The fourth-order valence-corrected chi connectivity index (χ4v) is 7.21. The largest absolute Gasteiger partial charge is 0.496 e. The molecule has 0 aromatic heterocycles. The molecule has 2 heterocycles. The summed E-state index contributed by atoms with van der Waals surface area (Å²) in [6.45, 7) is -0.850. The molecule has 2 aliphatic heterocycles. The second-order valence-corrected chi connectivity index (χ2v) is 13.1. The molecule has 1 amide bonds. The summed E-state index contributed by atoms with van der Waals surface area (Å²) in [6.07, 6.45) is -10.9. The Balaban J connectivity index is 1.42. The summed E-state index contributed by atoms with van der Waals surface area (Å²) in [5.74, 6) is -2.54. The third-order valence-corrected chi connectivity index (χ3v) is 9.88. The number of benzene rings is 3. The molecule has 2 atom stereocenters. The van der Waals surface area contributed by atoms with Crippen LogP contribution in [0.4, 0.5) is 30.7 Å². The molecular weight excluding hydrogens is 671 g/mol. The highest BCUT2D eigenvalue weighted by molar-refractivity contribution is 6.00. The first-order valence-electron chi connectivity index (χ1n) is 16.5. The summed E-state index contributed by atoms with van der Waals surface area (Å²) in [7, 11) is 1.55. The molecule has 2 aliphatic rings. The number of hydrogen-bond acceptors (Lipinski definition) is 5. The molecular formula is C36H40F7N3O4. The number of nitrogens with zero attached hydrogens (tertiary/aromatic N) is 2. The predicted octanol–water partition coefficient (Wildman–Crippen LogP) is 6.81. The van der Waals surface area contributed by atoms with E-state index in [2.05, 4.69) is 10.2 Å². The van der Waals surface area contributed by atoms with Gasteiger partial charge < -0.3 is 20.1 Å². The molecule has 3 aromatic carbocycles. The molecule has 2 N–H and O–H groups in total. The van der Waals surface area contributed by atoms with Crippen molar-refractivity contribution in [3.05, 3.63) is 65.7 Å². The molecule has 0 spiro atoms. The van der Waals surface area contributed by atoms with Crippen molar-refractivity contribution in [3.63, 3.8) is 0 Å². The van der Waals surface area contributed by atoms with E-state index in [1.54, 1.807) is 31.4 Å². The number of nitrogens with one attached hydrogen (secondary N) is 1. The van der Waals surface area contributed by atoms with Crippen LogP contribution in [0.15, 0.2) is 54.6 Å². The SMILES string of the molecule is COc1cccc(CCN2CCC[C@@H](F)C2)c1-c1cccc2c(C[C@H](NC(=O)C3(C(F)(F)F)CCN(CC(F)(F)F)CC3)C(=O)O)cccc12. The molecule has 2 fully saturated rings. The Kier molecular flexibility index (Phi) is 11.3. The van der Waals surface area contributed by atoms with Crippen LogP contribution in [0.1, 0.15) is 36.8 Å². The Morgan fingerprint density at radius 3 is 2.24 bits per heavy atom. The zero-order valence-corrected chi connectivity index (χ0v) is 27.5. The van der Waals surface area contributed by atoms with Gasteiger partial charge in [0.2, 0.25) is 5.91 Å². The second-order valence-electron chi connectivity index (χ2n) is 13.1. The van der Waals surface area contributed by atoms with Crippen LogP contribution >= 0.6 is 0 Å². The zero-order valence-electron chi connectivity index (χ0n) is 27.5. The number of carbonyl (C=O) groups is 2. The molecule has 14 heteroatoms. The van der Waals surface area contributed by atoms with Gasteiger partial charge in [-0.25, -0.2) is 9.18 Å². The molecule has 3 aromatic rings. The van der Waals surface area contributed by atoms with Crippen molar-refractivity contribution in [1.29, 1.82) is 0 Å². The summed E-state index contributed by atoms with van der Waals surface area (Å²) >= 11 is 0. The topological polar surface area (TPSA) is 82.1 Å². The maximum absolute atomic E-state index is 14.4. The van der Waals surface area contributed by atoms with E-state index in [1.165, 1.54) is 0 Å². The van der Waals surface area contributed by atoms with Crippen molar-refractivity contribution in [2.75, 3.05) is 46.4 Å². The Bertz CT molecular complexity index is 1670. The third kappa shape index (κ3) is 8.34. The molecule has 0 bridgehead atoms. The normalized spacial score (nSPS) is 19.6. The van der Waals surface area contributed by atoms with E-state index >= 15 is 0 Å². The van der Waals surface area contributed by atoms with Gasteiger partial charge in [-0.3, -0.25) is 9.69 Å². The molecule has 0 saturated carbocycles. The molecule has 5 rings (SSSR count). The summed E-state index contributed by atoms with van der Waals surface area (Å²) in [5, 5.41) is 13.5. The average Bonchev–Trinajstić information content (AvgIpc) is 3.05. The van der Waals surface area contributed by atoms with Crippen molar-refractivity contribution in [3.8, 4) is 16.9 Å². The van der Waals surface area contributed by atoms with E-state index in [9.17, 15) is 45.4 Å². The monoisotopic (exact) mass is 711 g/mol. The lowest BCUT2D eigenvalue weighted by atomic mass is 9.76. The number of piperidine rings is 2. The first kappa shape index (κ1) is 37.3. The van der Waals surface area contributed by atoms with Crippen LogP contribution in [-0.4, -0.2) is 97.7 Å². The van der Waals surface area contributed by atoms with Crippen molar-refractivity contribution < 1.29 is 50.2 Å². The molecule has 0 aliphatic carbocycles. The maximum atomic E-state index is 14.4. The highest BCUT2D eigenvalue weighted by Gasteiger charge is 2.61. The summed E-state index contributed by atoms with van der Waals surface area (Å²) in [5.41, 5.74) is -0.0432. The Labute approximate surface area is 285 Å². The number of aliphatic carboxylic acids is 1. The van der Waals surface area contributed by atoms with Crippen molar-refractivity contribution in [2.45, 2.75) is 63.1 Å². The lowest BCUT2D eigenvalue weighted by molar-refractivity contribution is -0.236. The minimum atomic E-state index is -5.12. The van der Waals surface area contributed by atoms with Gasteiger partial charge in [0.25, 0.3) is 0 Å². The van der Waals surface area contributed by atoms with Gasteiger partial charge >= 0.3 is 18.3 Å². The number of alkyl halides is 7. The smallest absolute Gasteiger partial charge is 0.403 e. The predicted molar refractivity (Wildman–Crippen MR) is 174 cm³/mol. The van der Waals surface area contributed by atoms with Gasteiger partial charge in [-0.2, -0.15) is 26.3 Å². The number of fused-ring (bicyclic) bond motifs is 1. The van der Waals surface area contributed by atoms with E-state index < -0.39 is 74.3 Å². The average molecular weight is 712 g/mol.